The average molecular weight is 293 g/mol. The van der Waals surface area contributed by atoms with Gasteiger partial charge in [-0.05, 0) is 43.9 Å². The first kappa shape index (κ1) is 17.5. The maximum absolute atomic E-state index is 12.1. The van der Waals surface area contributed by atoms with Crippen molar-refractivity contribution in [2.45, 2.75) is 46.1 Å². The first-order valence-corrected chi connectivity index (χ1v) is 7.57. The van der Waals surface area contributed by atoms with Crippen LogP contribution in [0.3, 0.4) is 0 Å². The number of nitrogens with one attached hydrogen (secondary N) is 1. The Morgan fingerprint density at radius 2 is 2.14 bits per heavy atom. The van der Waals surface area contributed by atoms with Gasteiger partial charge in [-0.1, -0.05) is 26.8 Å². The Balaban J connectivity index is 2.59. The predicted octanol–water partition coefficient (Wildman–Crippen LogP) is 3.00. The van der Waals surface area contributed by atoms with Gasteiger partial charge in [0.2, 0.25) is 0 Å². The number of hydrogen-bond acceptors (Lipinski definition) is 3. The van der Waals surface area contributed by atoms with Gasteiger partial charge in [0.1, 0.15) is 5.75 Å². The maximum atomic E-state index is 12.1. The van der Waals surface area contributed by atoms with E-state index in [9.17, 15) is 9.90 Å². The van der Waals surface area contributed by atoms with Crippen LogP contribution in [0.5, 0.6) is 5.75 Å². The second kappa shape index (κ2) is 8.03. The number of carbonyl (C=O) groups is 1. The van der Waals surface area contributed by atoms with Gasteiger partial charge in [-0.3, -0.25) is 4.79 Å². The molecule has 0 fully saturated rings. The van der Waals surface area contributed by atoms with Crippen molar-refractivity contribution in [1.29, 1.82) is 0 Å². The Hall–Kier alpha value is -1.55. The maximum Gasteiger partial charge on any atom is 0.251 e. The molecular formula is C17H27NO3. The predicted molar refractivity (Wildman–Crippen MR) is 84.6 cm³/mol. The van der Waals surface area contributed by atoms with E-state index < -0.39 is 5.60 Å². The summed E-state index contributed by atoms with van der Waals surface area (Å²) in [6, 6.07) is 7.10. The fraction of sp³-hybridized carbons (Fsp3) is 0.588. The number of aliphatic hydroxyl groups is 1. The number of ether oxygens (including phenoxy) is 1. The van der Waals surface area contributed by atoms with Crippen molar-refractivity contribution in [3.05, 3.63) is 29.8 Å². The van der Waals surface area contributed by atoms with Crippen LogP contribution >= 0.6 is 0 Å². The van der Waals surface area contributed by atoms with E-state index in [1.165, 1.54) is 0 Å². The van der Waals surface area contributed by atoms with Crippen LogP contribution in [0.25, 0.3) is 0 Å². The van der Waals surface area contributed by atoms with Crippen molar-refractivity contribution in [3.8, 4) is 5.75 Å². The van der Waals surface area contributed by atoms with Crippen LogP contribution in [0.1, 0.15) is 50.9 Å². The molecule has 1 atom stereocenters. The number of benzene rings is 1. The monoisotopic (exact) mass is 293 g/mol. The zero-order valence-corrected chi connectivity index (χ0v) is 13.5. The van der Waals surface area contributed by atoms with Crippen LogP contribution in [-0.4, -0.2) is 29.8 Å². The summed E-state index contributed by atoms with van der Waals surface area (Å²) in [6.07, 6.45) is 1.57. The normalized spacial score (nSPS) is 13.8. The molecule has 1 aromatic rings. The lowest BCUT2D eigenvalue weighted by molar-refractivity contribution is 0.0368. The minimum atomic E-state index is -0.889. The summed E-state index contributed by atoms with van der Waals surface area (Å²) in [5.74, 6) is 0.877. The molecule has 0 saturated heterocycles. The van der Waals surface area contributed by atoms with E-state index in [1.807, 2.05) is 26.8 Å². The number of amides is 1. The molecule has 1 unspecified atom stereocenters. The van der Waals surface area contributed by atoms with E-state index in [0.717, 1.165) is 6.42 Å². The molecule has 1 rings (SSSR count). The molecule has 21 heavy (non-hydrogen) atoms. The molecule has 0 radical (unpaired) electrons. The van der Waals surface area contributed by atoms with Gasteiger partial charge in [0.15, 0.2) is 0 Å². The molecule has 0 saturated carbocycles. The zero-order valence-electron chi connectivity index (χ0n) is 13.5. The summed E-state index contributed by atoms with van der Waals surface area (Å²) in [5.41, 5.74) is -0.343. The topological polar surface area (TPSA) is 58.6 Å². The van der Waals surface area contributed by atoms with Crippen LogP contribution in [0, 0.1) is 5.92 Å². The zero-order chi connectivity index (χ0) is 15.9. The highest BCUT2D eigenvalue weighted by atomic mass is 16.5. The van der Waals surface area contributed by atoms with Gasteiger partial charge < -0.3 is 15.2 Å². The molecular weight excluding hydrogens is 266 g/mol. The van der Waals surface area contributed by atoms with E-state index in [0.29, 0.717) is 30.3 Å². The van der Waals surface area contributed by atoms with Crippen LogP contribution in [0.15, 0.2) is 24.3 Å². The second-order valence-electron chi connectivity index (χ2n) is 6.15. The van der Waals surface area contributed by atoms with Gasteiger partial charge in [-0.15, -0.1) is 0 Å². The molecule has 0 aliphatic heterocycles. The highest BCUT2D eigenvalue weighted by Crippen LogP contribution is 2.16. The van der Waals surface area contributed by atoms with Crippen LogP contribution in [0.2, 0.25) is 0 Å². The summed E-state index contributed by atoms with van der Waals surface area (Å²) >= 11 is 0. The summed E-state index contributed by atoms with van der Waals surface area (Å²) in [6.45, 7) is 8.75. The highest BCUT2D eigenvalue weighted by Gasteiger charge is 2.22. The lowest BCUT2D eigenvalue weighted by atomic mass is 9.94. The molecule has 2 N–H and O–H groups in total. The molecule has 0 aliphatic carbocycles. The van der Waals surface area contributed by atoms with Crippen LogP contribution in [-0.2, 0) is 0 Å². The summed E-state index contributed by atoms with van der Waals surface area (Å²) < 4.78 is 5.51. The summed E-state index contributed by atoms with van der Waals surface area (Å²) in [4.78, 5) is 12.1. The van der Waals surface area contributed by atoms with Crippen molar-refractivity contribution in [2.24, 2.45) is 5.92 Å². The highest BCUT2D eigenvalue weighted by molar-refractivity contribution is 5.94. The van der Waals surface area contributed by atoms with E-state index in [1.54, 1.807) is 25.1 Å². The van der Waals surface area contributed by atoms with E-state index in [2.05, 4.69) is 5.32 Å². The molecule has 0 heterocycles. The molecule has 1 amide bonds. The van der Waals surface area contributed by atoms with Crippen molar-refractivity contribution in [1.82, 2.24) is 5.32 Å². The number of carbonyl (C=O) groups excluding carboxylic acids is 1. The van der Waals surface area contributed by atoms with Crippen LogP contribution in [0.4, 0.5) is 0 Å². The quantitative estimate of drug-likeness (QED) is 0.774. The second-order valence-corrected chi connectivity index (χ2v) is 6.15. The lowest BCUT2D eigenvalue weighted by Crippen LogP contribution is -2.41. The Bertz CT molecular complexity index is 455. The summed E-state index contributed by atoms with van der Waals surface area (Å²) in [7, 11) is 0. The van der Waals surface area contributed by atoms with Gasteiger partial charge in [-0.25, -0.2) is 0 Å². The van der Waals surface area contributed by atoms with Crippen molar-refractivity contribution < 1.29 is 14.6 Å². The smallest absolute Gasteiger partial charge is 0.251 e. The minimum Gasteiger partial charge on any atom is -0.494 e. The molecule has 4 nitrogen and oxygen atoms in total. The molecule has 0 aromatic heterocycles. The Labute approximate surface area is 127 Å². The first-order chi connectivity index (χ1) is 9.84. The minimum absolute atomic E-state index is 0.194. The molecule has 4 heteroatoms. The third-order valence-electron chi connectivity index (χ3n) is 3.05. The Kier molecular flexibility index (Phi) is 6.69. The van der Waals surface area contributed by atoms with E-state index in [-0.39, 0.29) is 12.5 Å². The van der Waals surface area contributed by atoms with Crippen molar-refractivity contribution in [3.63, 3.8) is 0 Å². The molecule has 1 aromatic carbocycles. The fourth-order valence-electron chi connectivity index (χ4n) is 2.27. The largest absolute Gasteiger partial charge is 0.494 e. The van der Waals surface area contributed by atoms with Gasteiger partial charge in [0.25, 0.3) is 5.91 Å². The fourth-order valence-corrected chi connectivity index (χ4v) is 2.27. The number of rotatable bonds is 8. The molecule has 118 valence electrons. The number of hydrogen-bond donors (Lipinski definition) is 2. The lowest BCUT2D eigenvalue weighted by Gasteiger charge is -2.25. The van der Waals surface area contributed by atoms with Crippen molar-refractivity contribution in [2.75, 3.05) is 13.2 Å². The SMILES string of the molecule is CCCOc1cccc(C(=O)NCC(C)(O)CC(C)C)c1. The third-order valence-corrected chi connectivity index (χ3v) is 3.05. The third kappa shape index (κ3) is 6.63. The first-order valence-electron chi connectivity index (χ1n) is 7.57. The van der Waals surface area contributed by atoms with Gasteiger partial charge in [0, 0.05) is 12.1 Å². The van der Waals surface area contributed by atoms with Gasteiger partial charge in [0.05, 0.1) is 12.2 Å². The molecule has 0 bridgehead atoms. The van der Waals surface area contributed by atoms with E-state index >= 15 is 0 Å². The van der Waals surface area contributed by atoms with Gasteiger partial charge in [-0.2, -0.15) is 0 Å². The summed E-state index contributed by atoms with van der Waals surface area (Å²) in [5, 5.41) is 13.0. The average Bonchev–Trinajstić information content (AvgIpc) is 2.41. The van der Waals surface area contributed by atoms with Crippen LogP contribution < -0.4 is 10.1 Å². The van der Waals surface area contributed by atoms with E-state index in [4.69, 9.17) is 4.74 Å². The molecule has 0 spiro atoms. The molecule has 0 aliphatic rings. The standard InChI is InChI=1S/C17H27NO3/c1-5-9-21-15-8-6-7-14(10-15)16(19)18-12-17(4,20)11-13(2)3/h6-8,10,13,20H,5,9,11-12H2,1-4H3,(H,18,19). The van der Waals surface area contributed by atoms with Crippen molar-refractivity contribution >= 4 is 5.91 Å². The Morgan fingerprint density at radius 3 is 2.76 bits per heavy atom. The Morgan fingerprint density at radius 1 is 1.43 bits per heavy atom. The van der Waals surface area contributed by atoms with Gasteiger partial charge >= 0.3 is 0 Å².